The molecule has 0 atom stereocenters. The summed E-state index contributed by atoms with van der Waals surface area (Å²) in [4.78, 5) is 6.59. The fourth-order valence-corrected chi connectivity index (χ4v) is 2.42. The van der Waals surface area contributed by atoms with Crippen molar-refractivity contribution in [3.8, 4) is 0 Å². The van der Waals surface area contributed by atoms with Crippen LogP contribution in [0.2, 0.25) is 0 Å². The van der Waals surface area contributed by atoms with Gasteiger partial charge in [0.2, 0.25) is 0 Å². The largest absolute Gasteiger partial charge is 0.395 e. The molecule has 1 heterocycles. The Morgan fingerprint density at radius 2 is 2.22 bits per heavy atom. The molecular formula is C13H20N4S. The average Bonchev–Trinajstić information content (AvgIpc) is 2.80. The number of hydrogen-bond acceptors (Lipinski definition) is 5. The van der Waals surface area contributed by atoms with Crippen LogP contribution in [-0.4, -0.2) is 36.1 Å². The first kappa shape index (κ1) is 13.1. The third-order valence-corrected chi connectivity index (χ3v) is 4.00. The van der Waals surface area contributed by atoms with Gasteiger partial charge < -0.3 is 16.0 Å². The molecule has 0 radical (unpaired) electrons. The maximum Gasteiger partial charge on any atom is 0.106 e. The van der Waals surface area contributed by atoms with Crippen molar-refractivity contribution < 1.29 is 0 Å². The van der Waals surface area contributed by atoms with Gasteiger partial charge in [-0.2, -0.15) is 0 Å². The predicted octanol–water partition coefficient (Wildman–Crippen LogP) is 2.63. The Hall–Kier alpha value is -1.33. The highest BCUT2D eigenvalue weighted by atomic mass is 32.1. The number of rotatable bonds is 5. The van der Waals surface area contributed by atoms with Gasteiger partial charge in [0.15, 0.2) is 0 Å². The van der Waals surface area contributed by atoms with Crippen molar-refractivity contribution in [2.45, 2.75) is 19.9 Å². The van der Waals surface area contributed by atoms with Crippen LogP contribution in [0.25, 0.3) is 10.2 Å². The van der Waals surface area contributed by atoms with E-state index in [9.17, 15) is 0 Å². The molecule has 98 valence electrons. The van der Waals surface area contributed by atoms with E-state index in [1.165, 1.54) is 0 Å². The Morgan fingerprint density at radius 3 is 2.94 bits per heavy atom. The number of likely N-dealkylation sites (N-methyl/N-ethyl adjacent to an activating group) is 1. The predicted molar refractivity (Wildman–Crippen MR) is 80.3 cm³/mol. The standard InChI is InChI=1S/C13H20N4S/c1-9(2)17(3)7-6-15-10-4-5-11-13(12(10)14)16-8-18-11/h4-5,8-9,15H,6-7,14H2,1-3H3. The maximum atomic E-state index is 6.11. The van der Waals surface area contributed by atoms with Crippen LogP contribution in [0.4, 0.5) is 11.4 Å². The summed E-state index contributed by atoms with van der Waals surface area (Å²) in [5, 5.41) is 3.38. The quantitative estimate of drug-likeness (QED) is 0.815. The molecule has 2 rings (SSSR count). The summed E-state index contributed by atoms with van der Waals surface area (Å²) in [6.45, 7) is 6.26. The summed E-state index contributed by atoms with van der Waals surface area (Å²) in [7, 11) is 2.12. The molecular weight excluding hydrogens is 244 g/mol. The van der Waals surface area contributed by atoms with Gasteiger partial charge in [-0.15, -0.1) is 11.3 Å². The van der Waals surface area contributed by atoms with Gasteiger partial charge in [-0.1, -0.05) is 0 Å². The molecule has 1 aromatic heterocycles. The van der Waals surface area contributed by atoms with E-state index in [4.69, 9.17) is 5.73 Å². The van der Waals surface area contributed by atoms with Crippen LogP contribution in [-0.2, 0) is 0 Å². The maximum absolute atomic E-state index is 6.11. The lowest BCUT2D eigenvalue weighted by molar-refractivity contribution is 0.284. The van der Waals surface area contributed by atoms with Crippen molar-refractivity contribution in [1.82, 2.24) is 9.88 Å². The molecule has 18 heavy (non-hydrogen) atoms. The van der Waals surface area contributed by atoms with Crippen molar-refractivity contribution in [2.24, 2.45) is 0 Å². The van der Waals surface area contributed by atoms with Crippen molar-refractivity contribution in [1.29, 1.82) is 0 Å². The third-order valence-electron chi connectivity index (χ3n) is 3.20. The molecule has 0 aliphatic carbocycles. The number of aromatic nitrogens is 1. The van der Waals surface area contributed by atoms with E-state index in [1.54, 1.807) is 11.3 Å². The minimum Gasteiger partial charge on any atom is -0.395 e. The normalized spacial score (nSPS) is 11.6. The number of nitrogens with zero attached hydrogens (tertiary/aromatic N) is 2. The van der Waals surface area contributed by atoms with E-state index < -0.39 is 0 Å². The summed E-state index contributed by atoms with van der Waals surface area (Å²) in [5.74, 6) is 0. The van der Waals surface area contributed by atoms with Crippen molar-refractivity contribution in [2.75, 3.05) is 31.2 Å². The minimum absolute atomic E-state index is 0.560. The lowest BCUT2D eigenvalue weighted by Gasteiger charge is -2.21. The summed E-state index contributed by atoms with van der Waals surface area (Å²) in [6, 6.07) is 4.66. The second-order valence-electron chi connectivity index (χ2n) is 4.73. The Kier molecular flexibility index (Phi) is 4.04. The smallest absolute Gasteiger partial charge is 0.106 e. The molecule has 0 fully saturated rings. The number of nitrogen functional groups attached to an aromatic ring is 1. The number of hydrogen-bond donors (Lipinski definition) is 2. The van der Waals surface area contributed by atoms with Crippen molar-refractivity contribution >= 4 is 32.9 Å². The summed E-state index contributed by atoms with van der Waals surface area (Å²) >= 11 is 1.62. The van der Waals surface area contributed by atoms with Gasteiger partial charge >= 0.3 is 0 Å². The molecule has 3 N–H and O–H groups in total. The van der Waals surface area contributed by atoms with Gasteiger partial charge in [0, 0.05) is 19.1 Å². The molecule has 0 amide bonds. The van der Waals surface area contributed by atoms with E-state index in [-0.39, 0.29) is 0 Å². The number of fused-ring (bicyclic) bond motifs is 1. The molecule has 0 bridgehead atoms. The zero-order valence-corrected chi connectivity index (χ0v) is 11.9. The summed E-state index contributed by atoms with van der Waals surface area (Å²) in [5.41, 5.74) is 10.6. The average molecular weight is 264 g/mol. The van der Waals surface area contributed by atoms with Gasteiger partial charge in [0.05, 0.1) is 21.6 Å². The minimum atomic E-state index is 0.560. The Morgan fingerprint density at radius 1 is 1.44 bits per heavy atom. The number of nitrogens with one attached hydrogen (secondary N) is 1. The van der Waals surface area contributed by atoms with Crippen LogP contribution >= 0.6 is 11.3 Å². The molecule has 0 aliphatic rings. The van der Waals surface area contributed by atoms with E-state index >= 15 is 0 Å². The van der Waals surface area contributed by atoms with E-state index in [2.05, 4.69) is 42.2 Å². The van der Waals surface area contributed by atoms with Gasteiger partial charge in [0.25, 0.3) is 0 Å². The summed E-state index contributed by atoms with van der Waals surface area (Å²) in [6.07, 6.45) is 0. The number of benzene rings is 1. The third kappa shape index (κ3) is 2.73. The van der Waals surface area contributed by atoms with Crippen LogP contribution in [0.3, 0.4) is 0 Å². The van der Waals surface area contributed by atoms with Gasteiger partial charge in [-0.05, 0) is 33.0 Å². The highest BCUT2D eigenvalue weighted by molar-refractivity contribution is 7.16. The molecule has 1 aromatic carbocycles. The first-order chi connectivity index (χ1) is 8.59. The van der Waals surface area contributed by atoms with Gasteiger partial charge in [-0.3, -0.25) is 0 Å². The second kappa shape index (κ2) is 5.54. The lowest BCUT2D eigenvalue weighted by Crippen LogP contribution is -2.31. The highest BCUT2D eigenvalue weighted by Gasteiger charge is 2.07. The molecule has 4 nitrogen and oxygen atoms in total. The summed E-state index contributed by atoms with van der Waals surface area (Å²) < 4.78 is 1.14. The monoisotopic (exact) mass is 264 g/mol. The number of thiazole rings is 1. The molecule has 0 aliphatic heterocycles. The fraction of sp³-hybridized carbons (Fsp3) is 0.462. The van der Waals surface area contributed by atoms with Crippen LogP contribution in [0.5, 0.6) is 0 Å². The van der Waals surface area contributed by atoms with E-state index in [0.29, 0.717) is 6.04 Å². The first-order valence-electron chi connectivity index (χ1n) is 6.15. The van der Waals surface area contributed by atoms with E-state index in [0.717, 1.165) is 34.7 Å². The van der Waals surface area contributed by atoms with Crippen LogP contribution in [0, 0.1) is 0 Å². The molecule has 2 aromatic rings. The fourth-order valence-electron chi connectivity index (χ4n) is 1.73. The second-order valence-corrected chi connectivity index (χ2v) is 5.61. The SMILES string of the molecule is CC(C)N(C)CCNc1ccc2scnc2c1N. The van der Waals surface area contributed by atoms with Crippen LogP contribution < -0.4 is 11.1 Å². The zero-order valence-electron chi connectivity index (χ0n) is 11.1. The number of nitrogens with two attached hydrogens (primary N) is 1. The molecule has 0 spiro atoms. The van der Waals surface area contributed by atoms with Gasteiger partial charge in [0.1, 0.15) is 5.52 Å². The topological polar surface area (TPSA) is 54.2 Å². The van der Waals surface area contributed by atoms with Crippen molar-refractivity contribution in [3.63, 3.8) is 0 Å². The highest BCUT2D eigenvalue weighted by Crippen LogP contribution is 2.29. The van der Waals surface area contributed by atoms with Crippen LogP contribution in [0.15, 0.2) is 17.6 Å². The van der Waals surface area contributed by atoms with Crippen LogP contribution in [0.1, 0.15) is 13.8 Å². The Bertz CT molecular complexity index is 521. The zero-order chi connectivity index (χ0) is 13.1. The van der Waals surface area contributed by atoms with Gasteiger partial charge in [-0.25, -0.2) is 4.98 Å². The molecule has 0 unspecified atom stereocenters. The van der Waals surface area contributed by atoms with Crippen molar-refractivity contribution in [3.05, 3.63) is 17.6 Å². The first-order valence-corrected chi connectivity index (χ1v) is 7.03. The molecule has 0 saturated heterocycles. The van der Waals surface area contributed by atoms with E-state index in [1.807, 2.05) is 11.6 Å². The molecule has 5 heteroatoms. The Labute approximate surface area is 112 Å². The number of anilines is 2. The molecule has 0 saturated carbocycles. The lowest BCUT2D eigenvalue weighted by atomic mass is 10.2. The Balaban J connectivity index is 2.01.